The molecule has 3 aromatic rings. The summed E-state index contributed by atoms with van der Waals surface area (Å²) < 4.78 is 5.33. The number of oxazole rings is 1. The Labute approximate surface area is 150 Å². The summed E-state index contributed by atoms with van der Waals surface area (Å²) >= 11 is 0. The molecule has 0 aliphatic rings. The van der Waals surface area contributed by atoms with Crippen LogP contribution in [0.4, 0.5) is 0 Å². The van der Waals surface area contributed by atoms with Crippen molar-refractivity contribution in [3.8, 4) is 17.4 Å². The molecule has 26 heavy (non-hydrogen) atoms. The molecule has 0 spiro atoms. The van der Waals surface area contributed by atoms with Crippen molar-refractivity contribution in [1.29, 1.82) is 0 Å². The third-order valence-corrected chi connectivity index (χ3v) is 3.99. The van der Waals surface area contributed by atoms with Crippen LogP contribution in [0.15, 0.2) is 51.9 Å². The number of fused-ring (bicyclic) bond motifs is 1. The van der Waals surface area contributed by atoms with Crippen LogP contribution in [0.25, 0.3) is 22.2 Å². The van der Waals surface area contributed by atoms with Crippen LogP contribution in [0, 0.1) is 5.92 Å². The van der Waals surface area contributed by atoms with E-state index in [9.17, 15) is 15.0 Å². The lowest BCUT2D eigenvalue weighted by Gasteiger charge is -2.09. The Morgan fingerprint density at radius 1 is 1.23 bits per heavy atom. The molecule has 0 amide bonds. The smallest absolute Gasteiger partial charge is 0.328 e. The number of nitrogens with zero attached hydrogens (tertiary/aromatic N) is 2. The Morgan fingerprint density at radius 2 is 1.96 bits per heavy atom. The third-order valence-electron chi connectivity index (χ3n) is 3.99. The van der Waals surface area contributed by atoms with Crippen LogP contribution in [0.2, 0.25) is 0 Å². The van der Waals surface area contributed by atoms with Gasteiger partial charge in [0.15, 0.2) is 5.69 Å². The van der Waals surface area contributed by atoms with Gasteiger partial charge in [0.2, 0.25) is 5.89 Å². The first-order valence-corrected chi connectivity index (χ1v) is 8.39. The van der Waals surface area contributed by atoms with Gasteiger partial charge in [-0.3, -0.25) is 4.99 Å². The van der Waals surface area contributed by atoms with Crippen LogP contribution in [0.1, 0.15) is 26.0 Å². The van der Waals surface area contributed by atoms with Crippen LogP contribution in [0.5, 0.6) is 5.95 Å². The lowest BCUT2D eigenvalue weighted by Crippen LogP contribution is -2.20. The second-order valence-electron chi connectivity index (χ2n) is 6.53. The minimum Gasteiger partial charge on any atom is -0.480 e. The van der Waals surface area contributed by atoms with Crippen LogP contribution in [-0.4, -0.2) is 33.4 Å². The highest BCUT2D eigenvalue weighted by Gasteiger charge is 2.18. The first kappa shape index (κ1) is 17.7. The average Bonchev–Trinajstić information content (AvgIpc) is 2.98. The molecule has 0 radical (unpaired) electrons. The van der Waals surface area contributed by atoms with E-state index in [2.05, 4.69) is 9.98 Å². The standard InChI is InChI=1S/C20H20N2O4/c1-12(2)9-16(19(23)24)21-11-17-20(25)26-18(22-17)15-8-7-13-5-3-4-6-14(13)10-15/h3-8,10-12,16,25H,9H2,1-2H3,(H,23,24)/t16-/m1/s1. The first-order valence-electron chi connectivity index (χ1n) is 8.39. The number of aliphatic carboxylic acids is 1. The number of rotatable bonds is 6. The van der Waals surface area contributed by atoms with Gasteiger partial charge in [-0.1, -0.05) is 44.2 Å². The topological polar surface area (TPSA) is 95.9 Å². The fourth-order valence-electron chi connectivity index (χ4n) is 2.69. The van der Waals surface area contributed by atoms with Crippen LogP contribution in [0.3, 0.4) is 0 Å². The number of hydrogen-bond donors (Lipinski definition) is 2. The van der Waals surface area contributed by atoms with E-state index in [0.717, 1.165) is 16.3 Å². The third kappa shape index (κ3) is 3.91. The Balaban J connectivity index is 1.88. The van der Waals surface area contributed by atoms with E-state index in [4.69, 9.17) is 4.42 Å². The van der Waals surface area contributed by atoms with Gasteiger partial charge < -0.3 is 14.6 Å². The van der Waals surface area contributed by atoms with Gasteiger partial charge in [0.05, 0.1) is 6.21 Å². The summed E-state index contributed by atoms with van der Waals surface area (Å²) in [6.07, 6.45) is 1.66. The molecule has 0 unspecified atom stereocenters. The predicted octanol–water partition coefficient (Wildman–Crippen LogP) is 4.12. The van der Waals surface area contributed by atoms with Crippen LogP contribution < -0.4 is 0 Å². The number of carboxylic acid groups (broad SMARTS) is 1. The van der Waals surface area contributed by atoms with E-state index < -0.39 is 12.0 Å². The molecule has 1 aromatic heterocycles. The van der Waals surface area contributed by atoms with E-state index in [-0.39, 0.29) is 23.4 Å². The first-order chi connectivity index (χ1) is 12.4. The van der Waals surface area contributed by atoms with E-state index in [0.29, 0.717) is 6.42 Å². The zero-order chi connectivity index (χ0) is 18.7. The van der Waals surface area contributed by atoms with Crippen molar-refractivity contribution in [2.24, 2.45) is 10.9 Å². The van der Waals surface area contributed by atoms with Crippen molar-refractivity contribution in [3.05, 3.63) is 48.2 Å². The van der Waals surface area contributed by atoms with Crippen molar-refractivity contribution < 1.29 is 19.4 Å². The van der Waals surface area contributed by atoms with Crippen molar-refractivity contribution in [2.75, 3.05) is 0 Å². The summed E-state index contributed by atoms with van der Waals surface area (Å²) in [4.78, 5) is 19.6. The largest absolute Gasteiger partial charge is 0.480 e. The molecule has 1 atom stereocenters. The minimum absolute atomic E-state index is 0.114. The molecule has 2 N–H and O–H groups in total. The molecule has 0 aliphatic heterocycles. The molecular formula is C20H20N2O4. The summed E-state index contributed by atoms with van der Waals surface area (Å²) in [6.45, 7) is 3.85. The molecule has 0 saturated carbocycles. The summed E-state index contributed by atoms with van der Waals surface area (Å²) in [7, 11) is 0. The molecule has 1 heterocycles. The van der Waals surface area contributed by atoms with E-state index >= 15 is 0 Å². The Bertz CT molecular complexity index is 959. The molecule has 0 aliphatic carbocycles. The normalized spacial score (nSPS) is 12.9. The molecule has 3 rings (SSSR count). The number of hydrogen-bond acceptors (Lipinski definition) is 5. The molecule has 0 saturated heterocycles. The molecular weight excluding hydrogens is 332 g/mol. The SMILES string of the molecule is CC(C)C[C@@H](N=Cc1nc(-c2ccc3ccccc3c2)oc1O)C(=O)O. The number of carbonyl (C=O) groups is 1. The van der Waals surface area contributed by atoms with Crippen LogP contribution >= 0.6 is 0 Å². The Hall–Kier alpha value is -3.15. The highest BCUT2D eigenvalue weighted by Crippen LogP contribution is 2.28. The van der Waals surface area contributed by atoms with E-state index in [1.54, 1.807) is 0 Å². The molecule has 6 nitrogen and oxygen atoms in total. The van der Waals surface area contributed by atoms with Crippen molar-refractivity contribution in [3.63, 3.8) is 0 Å². The van der Waals surface area contributed by atoms with Crippen molar-refractivity contribution in [1.82, 2.24) is 4.98 Å². The van der Waals surface area contributed by atoms with Gasteiger partial charge in [-0.05, 0) is 35.2 Å². The van der Waals surface area contributed by atoms with Gasteiger partial charge in [-0.15, -0.1) is 0 Å². The molecule has 0 fully saturated rings. The van der Waals surface area contributed by atoms with Gasteiger partial charge in [0.1, 0.15) is 6.04 Å². The number of benzene rings is 2. The molecule has 134 valence electrons. The van der Waals surface area contributed by atoms with Gasteiger partial charge >= 0.3 is 11.9 Å². The fourth-order valence-corrected chi connectivity index (χ4v) is 2.69. The number of carboxylic acids is 1. The highest BCUT2D eigenvalue weighted by molar-refractivity contribution is 5.87. The maximum atomic E-state index is 11.3. The average molecular weight is 352 g/mol. The van der Waals surface area contributed by atoms with Crippen LogP contribution in [-0.2, 0) is 4.79 Å². The number of aromatic hydroxyl groups is 1. The zero-order valence-corrected chi connectivity index (χ0v) is 14.6. The Morgan fingerprint density at radius 3 is 2.65 bits per heavy atom. The second kappa shape index (κ2) is 7.39. The lowest BCUT2D eigenvalue weighted by molar-refractivity contribution is -0.138. The summed E-state index contributed by atoms with van der Waals surface area (Å²) in [6, 6.07) is 12.7. The van der Waals surface area contributed by atoms with Crippen molar-refractivity contribution >= 4 is 23.0 Å². The highest BCUT2D eigenvalue weighted by atomic mass is 16.5. The van der Waals surface area contributed by atoms with Gasteiger partial charge in [-0.2, -0.15) is 0 Å². The summed E-state index contributed by atoms with van der Waals surface area (Å²) in [5.74, 6) is -0.948. The zero-order valence-electron chi connectivity index (χ0n) is 14.6. The summed E-state index contributed by atoms with van der Waals surface area (Å²) in [5.41, 5.74) is 0.832. The molecule has 2 aromatic carbocycles. The Kier molecular flexibility index (Phi) is 5.02. The maximum absolute atomic E-state index is 11.3. The second-order valence-corrected chi connectivity index (χ2v) is 6.53. The lowest BCUT2D eigenvalue weighted by atomic mass is 10.0. The van der Waals surface area contributed by atoms with Crippen molar-refractivity contribution in [2.45, 2.75) is 26.3 Å². The maximum Gasteiger partial charge on any atom is 0.328 e. The quantitative estimate of drug-likeness (QED) is 0.651. The van der Waals surface area contributed by atoms with Gasteiger partial charge in [-0.25, -0.2) is 9.78 Å². The molecule has 0 bridgehead atoms. The fraction of sp³-hybridized carbons (Fsp3) is 0.250. The monoisotopic (exact) mass is 352 g/mol. The predicted molar refractivity (Wildman–Crippen MR) is 99.6 cm³/mol. The van der Waals surface area contributed by atoms with E-state index in [1.165, 1.54) is 6.21 Å². The van der Waals surface area contributed by atoms with Gasteiger partial charge in [0.25, 0.3) is 0 Å². The van der Waals surface area contributed by atoms with E-state index in [1.807, 2.05) is 56.3 Å². The minimum atomic E-state index is -1.01. The van der Waals surface area contributed by atoms with Gasteiger partial charge in [0, 0.05) is 5.56 Å². The number of aromatic nitrogens is 1. The molecule has 6 heteroatoms. The number of aliphatic imine (C=N–C) groups is 1. The summed E-state index contributed by atoms with van der Waals surface area (Å²) in [5, 5.41) is 21.3.